The van der Waals surface area contributed by atoms with Crippen LogP contribution in [-0.4, -0.2) is 19.1 Å². The van der Waals surface area contributed by atoms with E-state index in [9.17, 15) is 18.8 Å². The van der Waals surface area contributed by atoms with E-state index in [1.54, 1.807) is 0 Å². The lowest BCUT2D eigenvalue weighted by Crippen LogP contribution is -2.41. The van der Waals surface area contributed by atoms with E-state index in [-0.39, 0.29) is 16.9 Å². The molecule has 0 saturated heterocycles. The van der Waals surface area contributed by atoms with Gasteiger partial charge in [-0.1, -0.05) is 12.8 Å². The van der Waals surface area contributed by atoms with Gasteiger partial charge in [-0.2, -0.15) is 0 Å². The molecule has 0 aromatic carbocycles. The molecule has 1 atom stereocenters. The highest BCUT2D eigenvalue weighted by Gasteiger charge is 2.22. The Kier molecular flexibility index (Phi) is 3.91. The second-order valence-electron chi connectivity index (χ2n) is 6.15. The molecular formula is C15H19FN4O3. The molecule has 1 aliphatic carbocycles. The fourth-order valence-corrected chi connectivity index (χ4v) is 2.75. The van der Waals surface area contributed by atoms with Gasteiger partial charge in [-0.05, 0) is 25.7 Å². The van der Waals surface area contributed by atoms with Gasteiger partial charge in [0, 0.05) is 13.6 Å². The van der Waals surface area contributed by atoms with Crippen LogP contribution < -0.4 is 16.8 Å². The lowest BCUT2D eigenvalue weighted by molar-refractivity contribution is 0.356. The number of halogens is 1. The Labute approximate surface area is 130 Å². The van der Waals surface area contributed by atoms with Gasteiger partial charge in [0.25, 0.3) is 11.1 Å². The molecule has 0 aliphatic heterocycles. The van der Waals surface area contributed by atoms with E-state index in [4.69, 9.17) is 0 Å². The zero-order valence-electron chi connectivity index (χ0n) is 13.1. The van der Waals surface area contributed by atoms with E-state index in [1.807, 2.05) is 0 Å². The van der Waals surface area contributed by atoms with Crippen LogP contribution >= 0.6 is 0 Å². The molecule has 124 valence electrons. The summed E-state index contributed by atoms with van der Waals surface area (Å²) in [6, 6.07) is 0. The van der Waals surface area contributed by atoms with E-state index in [0.717, 1.165) is 17.4 Å². The third-order valence-corrected chi connectivity index (χ3v) is 4.28. The molecule has 2 heterocycles. The third kappa shape index (κ3) is 2.85. The number of aromatic nitrogens is 4. The molecule has 2 aromatic rings. The minimum Gasteiger partial charge on any atom is -0.306 e. The molecule has 2 aromatic heterocycles. The van der Waals surface area contributed by atoms with Crippen LogP contribution in [-0.2, 0) is 13.6 Å². The molecule has 0 amide bonds. The Hall–Kier alpha value is -2.25. The third-order valence-electron chi connectivity index (χ3n) is 4.28. The Morgan fingerprint density at radius 2 is 2.04 bits per heavy atom. The molecular weight excluding hydrogens is 303 g/mol. The first-order chi connectivity index (χ1) is 10.9. The lowest BCUT2D eigenvalue weighted by atomic mass is 10.2. The van der Waals surface area contributed by atoms with Crippen molar-refractivity contribution in [2.24, 2.45) is 13.0 Å². The Bertz CT molecular complexity index is 921. The van der Waals surface area contributed by atoms with Crippen molar-refractivity contribution in [3.05, 3.63) is 37.0 Å². The standard InChI is InChI=1S/C15H19FN4O3/c1-8(16)12-17-10-11(13(21)18-12)20(7-3-4-9-5-6-9)15(23)19(2)14(10)22/h8-9H,3-7H2,1-2H3,(H,17,18,21). The highest BCUT2D eigenvalue weighted by molar-refractivity contribution is 5.72. The van der Waals surface area contributed by atoms with Crippen LogP contribution in [0.5, 0.6) is 0 Å². The van der Waals surface area contributed by atoms with Crippen LogP contribution in [0.25, 0.3) is 11.0 Å². The van der Waals surface area contributed by atoms with E-state index in [2.05, 4.69) is 9.97 Å². The highest BCUT2D eigenvalue weighted by Crippen LogP contribution is 2.33. The van der Waals surface area contributed by atoms with Crippen LogP contribution in [0.1, 0.15) is 44.6 Å². The van der Waals surface area contributed by atoms with Crippen molar-refractivity contribution in [3.63, 3.8) is 0 Å². The number of rotatable bonds is 5. The molecule has 7 nitrogen and oxygen atoms in total. The normalized spacial score (nSPS) is 16.0. The van der Waals surface area contributed by atoms with Crippen molar-refractivity contribution in [2.45, 2.75) is 45.3 Å². The monoisotopic (exact) mass is 322 g/mol. The Morgan fingerprint density at radius 3 is 2.65 bits per heavy atom. The van der Waals surface area contributed by atoms with Gasteiger partial charge in [0.15, 0.2) is 11.7 Å². The smallest absolute Gasteiger partial charge is 0.306 e. The minimum atomic E-state index is -1.51. The van der Waals surface area contributed by atoms with Gasteiger partial charge in [-0.15, -0.1) is 0 Å². The van der Waals surface area contributed by atoms with Gasteiger partial charge >= 0.3 is 5.69 Å². The summed E-state index contributed by atoms with van der Waals surface area (Å²) in [5, 5.41) is 0. The summed E-state index contributed by atoms with van der Waals surface area (Å²) in [5.74, 6) is 0.502. The molecule has 3 rings (SSSR count). The van der Waals surface area contributed by atoms with Crippen molar-refractivity contribution in [1.82, 2.24) is 19.1 Å². The molecule has 0 spiro atoms. The number of aryl methyl sites for hydroxylation is 1. The molecule has 1 unspecified atom stereocenters. The molecule has 0 radical (unpaired) electrons. The number of H-pyrrole nitrogens is 1. The largest absolute Gasteiger partial charge is 0.331 e. The Balaban J connectivity index is 2.19. The topological polar surface area (TPSA) is 89.8 Å². The predicted molar refractivity (Wildman–Crippen MR) is 83.3 cm³/mol. The predicted octanol–water partition coefficient (Wildman–Crippen LogP) is 1.00. The second-order valence-corrected chi connectivity index (χ2v) is 6.15. The maximum atomic E-state index is 13.4. The quantitative estimate of drug-likeness (QED) is 0.889. The highest BCUT2D eigenvalue weighted by atomic mass is 19.1. The summed E-state index contributed by atoms with van der Waals surface area (Å²) in [6.45, 7) is 1.56. The summed E-state index contributed by atoms with van der Waals surface area (Å²) in [7, 11) is 1.34. The zero-order valence-corrected chi connectivity index (χ0v) is 13.1. The number of nitrogens with zero attached hydrogens (tertiary/aromatic N) is 3. The van der Waals surface area contributed by atoms with Crippen LogP contribution in [0.2, 0.25) is 0 Å². The molecule has 8 heteroatoms. The number of alkyl halides is 1. The number of aromatic amines is 1. The fraction of sp³-hybridized carbons (Fsp3) is 0.600. The van der Waals surface area contributed by atoms with E-state index < -0.39 is 23.0 Å². The fourth-order valence-electron chi connectivity index (χ4n) is 2.75. The first-order valence-corrected chi connectivity index (χ1v) is 7.78. The summed E-state index contributed by atoms with van der Waals surface area (Å²) in [5.41, 5.74) is -2.13. The number of hydrogen-bond acceptors (Lipinski definition) is 4. The summed E-state index contributed by atoms with van der Waals surface area (Å²) < 4.78 is 15.6. The number of nitrogens with one attached hydrogen (secondary N) is 1. The summed E-state index contributed by atoms with van der Waals surface area (Å²) in [4.78, 5) is 43.1. The van der Waals surface area contributed by atoms with Gasteiger partial charge in [-0.25, -0.2) is 14.2 Å². The second kappa shape index (κ2) is 5.75. The first-order valence-electron chi connectivity index (χ1n) is 7.78. The van der Waals surface area contributed by atoms with E-state index in [0.29, 0.717) is 12.5 Å². The van der Waals surface area contributed by atoms with Crippen LogP contribution in [0.15, 0.2) is 14.4 Å². The van der Waals surface area contributed by atoms with Crippen molar-refractivity contribution < 1.29 is 4.39 Å². The molecule has 23 heavy (non-hydrogen) atoms. The molecule has 0 bridgehead atoms. The summed E-state index contributed by atoms with van der Waals surface area (Å²) in [6.07, 6.45) is 2.65. The molecule has 1 saturated carbocycles. The van der Waals surface area contributed by atoms with Crippen LogP contribution in [0, 0.1) is 5.92 Å². The van der Waals surface area contributed by atoms with Gasteiger partial charge in [0.1, 0.15) is 11.3 Å². The van der Waals surface area contributed by atoms with Crippen molar-refractivity contribution in [3.8, 4) is 0 Å². The molecule has 1 N–H and O–H groups in total. The summed E-state index contributed by atoms with van der Waals surface area (Å²) >= 11 is 0. The van der Waals surface area contributed by atoms with Crippen molar-refractivity contribution >= 4 is 11.0 Å². The Morgan fingerprint density at radius 1 is 1.35 bits per heavy atom. The van der Waals surface area contributed by atoms with E-state index >= 15 is 0 Å². The average Bonchev–Trinajstić information content (AvgIpc) is 3.32. The van der Waals surface area contributed by atoms with E-state index in [1.165, 1.54) is 31.4 Å². The van der Waals surface area contributed by atoms with Gasteiger partial charge in [0.2, 0.25) is 0 Å². The zero-order chi connectivity index (χ0) is 16.7. The van der Waals surface area contributed by atoms with Crippen molar-refractivity contribution in [1.29, 1.82) is 0 Å². The SMILES string of the molecule is CC(F)c1nc2c(=O)n(C)c(=O)n(CCCC3CC3)c2c(=O)[nH]1. The van der Waals surface area contributed by atoms with Gasteiger partial charge in [-0.3, -0.25) is 18.7 Å². The van der Waals surface area contributed by atoms with Crippen LogP contribution in [0.4, 0.5) is 4.39 Å². The number of hydrogen-bond donors (Lipinski definition) is 1. The van der Waals surface area contributed by atoms with Crippen molar-refractivity contribution in [2.75, 3.05) is 0 Å². The van der Waals surface area contributed by atoms with Gasteiger partial charge in [0.05, 0.1) is 0 Å². The van der Waals surface area contributed by atoms with Crippen LogP contribution in [0.3, 0.4) is 0 Å². The average molecular weight is 322 g/mol. The van der Waals surface area contributed by atoms with Gasteiger partial charge < -0.3 is 4.98 Å². The lowest BCUT2D eigenvalue weighted by Gasteiger charge is -2.12. The maximum absolute atomic E-state index is 13.4. The number of fused-ring (bicyclic) bond motifs is 1. The molecule has 1 aliphatic rings. The maximum Gasteiger partial charge on any atom is 0.331 e. The first kappa shape index (κ1) is 15.6. The minimum absolute atomic E-state index is 0.0710. The molecule has 1 fully saturated rings.